The van der Waals surface area contributed by atoms with Crippen LogP contribution in [0.3, 0.4) is 0 Å². The van der Waals surface area contributed by atoms with E-state index < -0.39 is 28.5 Å². The van der Waals surface area contributed by atoms with Crippen molar-refractivity contribution >= 4 is 43.5 Å². The van der Waals surface area contributed by atoms with Crippen LogP contribution in [-0.4, -0.2) is 43.8 Å². The van der Waals surface area contributed by atoms with E-state index in [1.807, 2.05) is 87.5 Å². The predicted molar refractivity (Wildman–Crippen MR) is 193 cm³/mol. The zero-order chi connectivity index (χ0) is 34.1. The highest BCUT2D eigenvalue weighted by Gasteiger charge is 2.35. The molecule has 0 aliphatic heterocycles. The van der Waals surface area contributed by atoms with Crippen LogP contribution < -0.4 is 9.62 Å². The molecule has 0 aliphatic carbocycles. The minimum absolute atomic E-state index is 0.0821. The lowest BCUT2D eigenvalue weighted by molar-refractivity contribution is -0.140. The summed E-state index contributed by atoms with van der Waals surface area (Å²) in [6, 6.07) is 30.0. The lowest BCUT2D eigenvalue weighted by Crippen LogP contribution is -2.54. The molecule has 9 heteroatoms. The summed E-state index contributed by atoms with van der Waals surface area (Å²) in [6.45, 7) is 9.56. The molecule has 0 radical (unpaired) electrons. The highest BCUT2D eigenvalue weighted by atomic mass is 79.9. The Labute approximate surface area is 288 Å². The number of sulfonamides is 1. The third-order valence-corrected chi connectivity index (χ3v) is 10.6. The Kier molecular flexibility index (Phi) is 12.4. The molecule has 2 atom stereocenters. The molecule has 0 spiro atoms. The molecule has 0 aliphatic rings. The van der Waals surface area contributed by atoms with Gasteiger partial charge in [-0.3, -0.25) is 13.9 Å². The van der Waals surface area contributed by atoms with Crippen LogP contribution in [-0.2, 0) is 32.6 Å². The molecule has 248 valence electrons. The number of nitrogens with zero attached hydrogens (tertiary/aromatic N) is 2. The molecule has 0 heterocycles. The number of amides is 2. The molecule has 4 aromatic carbocycles. The number of nitrogens with one attached hydrogen (secondary N) is 1. The van der Waals surface area contributed by atoms with Crippen molar-refractivity contribution in [1.29, 1.82) is 0 Å². The van der Waals surface area contributed by atoms with E-state index in [0.29, 0.717) is 5.69 Å². The van der Waals surface area contributed by atoms with Gasteiger partial charge in [-0.2, -0.15) is 0 Å². The van der Waals surface area contributed by atoms with Crippen molar-refractivity contribution in [2.75, 3.05) is 10.8 Å². The largest absolute Gasteiger partial charge is 0.352 e. The topological polar surface area (TPSA) is 86.8 Å². The van der Waals surface area contributed by atoms with Gasteiger partial charge in [0.1, 0.15) is 12.6 Å². The summed E-state index contributed by atoms with van der Waals surface area (Å²) in [5.41, 5.74) is 4.04. The fourth-order valence-corrected chi connectivity index (χ4v) is 6.85. The van der Waals surface area contributed by atoms with Gasteiger partial charge in [0.15, 0.2) is 0 Å². The molecule has 0 bridgehead atoms. The van der Waals surface area contributed by atoms with Crippen molar-refractivity contribution in [3.05, 3.63) is 130 Å². The van der Waals surface area contributed by atoms with Gasteiger partial charge >= 0.3 is 0 Å². The average Bonchev–Trinajstić information content (AvgIpc) is 3.06. The molecule has 0 aromatic heterocycles. The van der Waals surface area contributed by atoms with E-state index in [1.165, 1.54) is 4.90 Å². The van der Waals surface area contributed by atoms with Crippen molar-refractivity contribution in [2.45, 2.75) is 76.9 Å². The highest BCUT2D eigenvalue weighted by Crippen LogP contribution is 2.27. The quantitative estimate of drug-likeness (QED) is 0.145. The summed E-state index contributed by atoms with van der Waals surface area (Å²) >= 11 is 3.47. The van der Waals surface area contributed by atoms with E-state index in [-0.39, 0.29) is 35.7 Å². The normalized spacial score (nSPS) is 12.7. The van der Waals surface area contributed by atoms with Crippen molar-refractivity contribution in [3.63, 3.8) is 0 Å². The van der Waals surface area contributed by atoms with Gasteiger partial charge in [-0.25, -0.2) is 8.42 Å². The second kappa shape index (κ2) is 16.2. The maximum absolute atomic E-state index is 14.6. The van der Waals surface area contributed by atoms with Gasteiger partial charge in [0.2, 0.25) is 11.8 Å². The van der Waals surface area contributed by atoms with Crippen molar-refractivity contribution in [1.82, 2.24) is 10.2 Å². The van der Waals surface area contributed by atoms with E-state index in [4.69, 9.17) is 0 Å². The molecule has 0 saturated carbocycles. The second-order valence-electron chi connectivity index (χ2n) is 12.2. The van der Waals surface area contributed by atoms with Crippen LogP contribution in [0.15, 0.2) is 112 Å². The first-order chi connectivity index (χ1) is 22.4. The van der Waals surface area contributed by atoms with E-state index in [1.54, 1.807) is 36.4 Å². The van der Waals surface area contributed by atoms with Crippen molar-refractivity contribution in [3.8, 4) is 0 Å². The number of benzene rings is 4. The highest BCUT2D eigenvalue weighted by molar-refractivity contribution is 9.10. The molecule has 2 amide bonds. The minimum atomic E-state index is -4.16. The number of hydrogen-bond acceptors (Lipinski definition) is 4. The van der Waals surface area contributed by atoms with E-state index in [9.17, 15) is 18.0 Å². The van der Waals surface area contributed by atoms with Crippen LogP contribution in [0, 0.1) is 6.92 Å². The summed E-state index contributed by atoms with van der Waals surface area (Å²) in [5, 5.41) is 3.07. The SMILES string of the molecule is CC[C@H](C)NC(=O)[C@H](Cc1ccccc1)N(Cc1ccc(Br)cc1)C(=O)CN(c1ccc(C(C)C)cc1)S(=O)(=O)c1ccc(C)cc1. The maximum atomic E-state index is 14.6. The Morgan fingerprint density at radius 3 is 2.00 bits per heavy atom. The molecule has 4 aromatic rings. The van der Waals surface area contributed by atoms with Gasteiger partial charge in [-0.1, -0.05) is 109 Å². The number of carbonyl (C=O) groups is 2. The van der Waals surface area contributed by atoms with Crippen molar-refractivity contribution in [2.24, 2.45) is 0 Å². The van der Waals surface area contributed by atoms with Crippen LogP contribution in [0.1, 0.15) is 62.3 Å². The molecule has 47 heavy (non-hydrogen) atoms. The molecular weight excluding hydrogens is 674 g/mol. The summed E-state index contributed by atoms with van der Waals surface area (Å²) in [4.78, 5) is 30.2. The lowest BCUT2D eigenvalue weighted by atomic mass is 10.0. The maximum Gasteiger partial charge on any atom is 0.264 e. The monoisotopic (exact) mass is 717 g/mol. The smallest absolute Gasteiger partial charge is 0.264 e. The third kappa shape index (κ3) is 9.55. The fourth-order valence-electron chi connectivity index (χ4n) is 5.17. The third-order valence-electron chi connectivity index (χ3n) is 8.27. The van der Waals surface area contributed by atoms with Gasteiger partial charge < -0.3 is 10.2 Å². The molecule has 7 nitrogen and oxygen atoms in total. The van der Waals surface area contributed by atoms with Gasteiger partial charge in [-0.15, -0.1) is 0 Å². The van der Waals surface area contributed by atoms with Crippen LogP contribution in [0.2, 0.25) is 0 Å². The first-order valence-electron chi connectivity index (χ1n) is 16.0. The molecule has 0 saturated heterocycles. The molecule has 4 rings (SSSR count). The average molecular weight is 719 g/mol. The Morgan fingerprint density at radius 1 is 0.809 bits per heavy atom. The number of rotatable bonds is 14. The fraction of sp³-hybridized carbons (Fsp3) is 0.316. The standard InChI is InChI=1S/C38H44BrN3O4S/c1-6-29(5)40-38(44)36(24-30-10-8-7-9-11-30)41(25-31-14-18-33(39)19-15-31)37(43)26-42(34-20-16-32(17-21-34)27(2)3)47(45,46)35-22-12-28(4)13-23-35/h7-23,27,29,36H,6,24-26H2,1-5H3,(H,40,44)/t29-,36-/m0/s1. The van der Waals surface area contributed by atoms with Crippen LogP contribution >= 0.6 is 15.9 Å². The summed E-state index contributed by atoms with van der Waals surface area (Å²) in [5.74, 6) is -0.531. The minimum Gasteiger partial charge on any atom is -0.352 e. The molecular formula is C38H44BrN3O4S. The number of aryl methyl sites for hydroxylation is 1. The molecule has 0 unspecified atom stereocenters. The molecule has 1 N–H and O–H groups in total. The van der Waals surface area contributed by atoms with Gasteiger partial charge in [0, 0.05) is 23.5 Å². The number of hydrogen-bond donors (Lipinski definition) is 1. The van der Waals surface area contributed by atoms with Gasteiger partial charge in [-0.05, 0) is 79.3 Å². The summed E-state index contributed by atoms with van der Waals surface area (Å²) < 4.78 is 30.6. The van der Waals surface area contributed by atoms with Crippen molar-refractivity contribution < 1.29 is 18.0 Å². The predicted octanol–water partition coefficient (Wildman–Crippen LogP) is 7.63. The Morgan fingerprint density at radius 2 is 1.43 bits per heavy atom. The van der Waals surface area contributed by atoms with E-state index in [0.717, 1.165) is 37.5 Å². The Balaban J connectivity index is 1.81. The molecule has 0 fully saturated rings. The Hall–Kier alpha value is -3.95. The summed E-state index contributed by atoms with van der Waals surface area (Å²) in [6.07, 6.45) is 0.985. The number of anilines is 1. The van der Waals surface area contributed by atoms with Gasteiger partial charge in [0.25, 0.3) is 10.0 Å². The zero-order valence-electron chi connectivity index (χ0n) is 27.7. The first kappa shape index (κ1) is 35.9. The van der Waals surface area contributed by atoms with Crippen LogP contribution in [0.4, 0.5) is 5.69 Å². The zero-order valence-corrected chi connectivity index (χ0v) is 30.1. The van der Waals surface area contributed by atoms with E-state index >= 15 is 0 Å². The first-order valence-corrected chi connectivity index (χ1v) is 18.2. The van der Waals surface area contributed by atoms with Gasteiger partial charge in [0.05, 0.1) is 10.6 Å². The lowest BCUT2D eigenvalue weighted by Gasteiger charge is -2.34. The summed E-state index contributed by atoms with van der Waals surface area (Å²) in [7, 11) is -4.16. The number of carbonyl (C=O) groups excluding carboxylic acids is 2. The van der Waals surface area contributed by atoms with Crippen LogP contribution in [0.5, 0.6) is 0 Å². The Bertz CT molecular complexity index is 1730. The van der Waals surface area contributed by atoms with Crippen LogP contribution in [0.25, 0.3) is 0 Å². The second-order valence-corrected chi connectivity index (χ2v) is 15.0. The van der Waals surface area contributed by atoms with E-state index in [2.05, 4.69) is 35.1 Å². The number of halogens is 1.